The second-order valence-corrected chi connectivity index (χ2v) is 4.03. The van der Waals surface area contributed by atoms with E-state index in [2.05, 4.69) is 5.32 Å². The van der Waals surface area contributed by atoms with Crippen molar-refractivity contribution in [2.75, 3.05) is 13.1 Å². The molecule has 0 spiro atoms. The molecule has 3 nitrogen and oxygen atoms in total. The van der Waals surface area contributed by atoms with Crippen LogP contribution in [0.25, 0.3) is 0 Å². The third-order valence-corrected chi connectivity index (χ3v) is 2.99. The number of nitrogens with one attached hydrogen (secondary N) is 1. The molecule has 1 saturated carbocycles. The first-order valence-corrected chi connectivity index (χ1v) is 5.27. The molecule has 1 heterocycles. The third kappa shape index (κ3) is 2.21. The van der Waals surface area contributed by atoms with Crippen LogP contribution >= 0.6 is 0 Å². The molecule has 13 heavy (non-hydrogen) atoms. The van der Waals surface area contributed by atoms with E-state index in [1.807, 2.05) is 0 Å². The van der Waals surface area contributed by atoms with Crippen molar-refractivity contribution in [2.24, 2.45) is 5.92 Å². The maximum atomic E-state index is 11.6. The van der Waals surface area contributed by atoms with E-state index in [4.69, 9.17) is 4.74 Å². The van der Waals surface area contributed by atoms with Crippen molar-refractivity contribution in [2.45, 2.75) is 38.2 Å². The lowest BCUT2D eigenvalue weighted by atomic mass is 10.1. The molecule has 1 saturated heterocycles. The molecule has 0 bridgehead atoms. The van der Waals surface area contributed by atoms with E-state index in [-0.39, 0.29) is 18.0 Å². The molecule has 1 aliphatic carbocycles. The molecule has 0 radical (unpaired) electrons. The van der Waals surface area contributed by atoms with E-state index in [1.54, 1.807) is 0 Å². The van der Waals surface area contributed by atoms with Gasteiger partial charge >= 0.3 is 5.97 Å². The van der Waals surface area contributed by atoms with Crippen LogP contribution in [0.4, 0.5) is 0 Å². The Morgan fingerprint density at radius 2 is 2.00 bits per heavy atom. The summed E-state index contributed by atoms with van der Waals surface area (Å²) < 4.78 is 5.39. The monoisotopic (exact) mass is 183 g/mol. The molecule has 3 heteroatoms. The molecule has 1 unspecified atom stereocenters. The highest BCUT2D eigenvalue weighted by molar-refractivity contribution is 5.72. The molecular formula is C10H17NO2. The Morgan fingerprint density at radius 3 is 2.62 bits per heavy atom. The Labute approximate surface area is 78.8 Å². The van der Waals surface area contributed by atoms with Crippen LogP contribution in [0.5, 0.6) is 0 Å². The van der Waals surface area contributed by atoms with Crippen LogP contribution in [0.2, 0.25) is 0 Å². The number of hydrogen-bond donors (Lipinski definition) is 1. The molecule has 1 aliphatic heterocycles. The van der Waals surface area contributed by atoms with Gasteiger partial charge in [0.05, 0.1) is 5.92 Å². The first-order valence-electron chi connectivity index (χ1n) is 5.27. The van der Waals surface area contributed by atoms with Crippen LogP contribution in [0.1, 0.15) is 32.1 Å². The number of rotatable bonds is 2. The van der Waals surface area contributed by atoms with Gasteiger partial charge in [0.15, 0.2) is 0 Å². The summed E-state index contributed by atoms with van der Waals surface area (Å²) in [5.74, 6) is 0.256. The Hall–Kier alpha value is -0.570. The molecule has 0 aromatic rings. The molecule has 2 rings (SSSR count). The van der Waals surface area contributed by atoms with Gasteiger partial charge in [-0.25, -0.2) is 0 Å². The SMILES string of the molecule is O=C(OC1CCNC1)C1CCCC1. The first kappa shape index (κ1) is 9.00. The molecule has 1 atom stereocenters. The summed E-state index contributed by atoms with van der Waals surface area (Å²) in [4.78, 5) is 11.6. The summed E-state index contributed by atoms with van der Waals surface area (Å²) in [6.07, 6.45) is 5.61. The zero-order valence-corrected chi connectivity index (χ0v) is 7.92. The summed E-state index contributed by atoms with van der Waals surface area (Å²) in [5.41, 5.74) is 0. The van der Waals surface area contributed by atoms with Crippen LogP contribution in [0.3, 0.4) is 0 Å². The summed E-state index contributed by atoms with van der Waals surface area (Å²) in [6.45, 7) is 1.83. The minimum atomic E-state index is 0.0474. The summed E-state index contributed by atoms with van der Waals surface area (Å²) in [7, 11) is 0. The Balaban J connectivity index is 1.76. The normalized spacial score (nSPS) is 29.4. The minimum Gasteiger partial charge on any atom is -0.461 e. The van der Waals surface area contributed by atoms with Crippen molar-refractivity contribution >= 4 is 5.97 Å². The zero-order valence-electron chi connectivity index (χ0n) is 7.92. The van der Waals surface area contributed by atoms with Crippen molar-refractivity contribution in [3.63, 3.8) is 0 Å². The van der Waals surface area contributed by atoms with Gasteiger partial charge in [-0.15, -0.1) is 0 Å². The smallest absolute Gasteiger partial charge is 0.309 e. The second kappa shape index (κ2) is 4.09. The van der Waals surface area contributed by atoms with Gasteiger partial charge in [0.1, 0.15) is 6.10 Å². The highest BCUT2D eigenvalue weighted by Gasteiger charge is 2.27. The number of esters is 1. The van der Waals surface area contributed by atoms with Gasteiger partial charge in [0.25, 0.3) is 0 Å². The van der Waals surface area contributed by atoms with Crippen LogP contribution in [-0.2, 0) is 9.53 Å². The van der Waals surface area contributed by atoms with Crippen LogP contribution in [0.15, 0.2) is 0 Å². The molecular weight excluding hydrogens is 166 g/mol. The molecule has 0 aromatic carbocycles. The molecule has 1 N–H and O–H groups in total. The number of carbonyl (C=O) groups excluding carboxylic acids is 1. The van der Waals surface area contributed by atoms with E-state index in [9.17, 15) is 4.79 Å². The molecule has 2 aliphatic rings. The lowest BCUT2D eigenvalue weighted by Crippen LogP contribution is -2.24. The molecule has 0 amide bonds. The quantitative estimate of drug-likeness (QED) is 0.651. The number of carbonyl (C=O) groups is 1. The van der Waals surface area contributed by atoms with Gasteiger partial charge < -0.3 is 10.1 Å². The highest BCUT2D eigenvalue weighted by Crippen LogP contribution is 2.26. The zero-order chi connectivity index (χ0) is 9.10. The summed E-state index contributed by atoms with van der Waals surface area (Å²) in [6, 6.07) is 0. The average molecular weight is 183 g/mol. The Kier molecular flexibility index (Phi) is 2.83. The summed E-state index contributed by atoms with van der Waals surface area (Å²) >= 11 is 0. The van der Waals surface area contributed by atoms with Crippen LogP contribution in [-0.4, -0.2) is 25.2 Å². The van der Waals surface area contributed by atoms with E-state index >= 15 is 0 Å². The fraction of sp³-hybridized carbons (Fsp3) is 0.900. The van der Waals surface area contributed by atoms with Crippen molar-refractivity contribution < 1.29 is 9.53 Å². The van der Waals surface area contributed by atoms with Crippen molar-refractivity contribution in [3.05, 3.63) is 0 Å². The van der Waals surface area contributed by atoms with Crippen LogP contribution < -0.4 is 5.32 Å². The number of hydrogen-bond acceptors (Lipinski definition) is 3. The number of ether oxygens (including phenoxy) is 1. The van der Waals surface area contributed by atoms with Crippen molar-refractivity contribution in [1.29, 1.82) is 0 Å². The fourth-order valence-electron chi connectivity index (χ4n) is 2.15. The average Bonchev–Trinajstić information content (AvgIpc) is 2.74. The van der Waals surface area contributed by atoms with Gasteiger partial charge in [-0.2, -0.15) is 0 Å². The maximum Gasteiger partial charge on any atom is 0.309 e. The maximum absolute atomic E-state index is 11.6. The highest BCUT2D eigenvalue weighted by atomic mass is 16.5. The van der Waals surface area contributed by atoms with Crippen LogP contribution in [0, 0.1) is 5.92 Å². The van der Waals surface area contributed by atoms with E-state index in [0.29, 0.717) is 0 Å². The Morgan fingerprint density at radius 1 is 1.23 bits per heavy atom. The molecule has 2 fully saturated rings. The standard InChI is InChI=1S/C10H17NO2/c12-10(8-3-1-2-4-8)13-9-5-6-11-7-9/h8-9,11H,1-7H2. The largest absolute Gasteiger partial charge is 0.461 e. The van der Waals surface area contributed by atoms with Gasteiger partial charge in [-0.05, 0) is 25.8 Å². The summed E-state index contributed by atoms with van der Waals surface area (Å²) in [5, 5.41) is 3.19. The van der Waals surface area contributed by atoms with Crippen molar-refractivity contribution in [1.82, 2.24) is 5.32 Å². The lowest BCUT2D eigenvalue weighted by molar-refractivity contribution is -0.152. The van der Waals surface area contributed by atoms with E-state index in [0.717, 1.165) is 32.4 Å². The second-order valence-electron chi connectivity index (χ2n) is 4.03. The van der Waals surface area contributed by atoms with Crippen molar-refractivity contribution in [3.8, 4) is 0 Å². The van der Waals surface area contributed by atoms with Gasteiger partial charge in [-0.1, -0.05) is 12.8 Å². The molecule has 74 valence electrons. The van der Waals surface area contributed by atoms with E-state index < -0.39 is 0 Å². The van der Waals surface area contributed by atoms with Gasteiger partial charge in [0.2, 0.25) is 0 Å². The fourth-order valence-corrected chi connectivity index (χ4v) is 2.15. The van der Waals surface area contributed by atoms with Gasteiger partial charge in [0, 0.05) is 6.54 Å². The van der Waals surface area contributed by atoms with E-state index in [1.165, 1.54) is 12.8 Å². The van der Waals surface area contributed by atoms with Gasteiger partial charge in [-0.3, -0.25) is 4.79 Å². The lowest BCUT2D eigenvalue weighted by Gasteiger charge is -2.14. The Bertz CT molecular complexity index is 181. The third-order valence-electron chi connectivity index (χ3n) is 2.99. The topological polar surface area (TPSA) is 38.3 Å². The first-order chi connectivity index (χ1) is 6.36. The molecule has 0 aromatic heterocycles. The predicted molar refractivity (Wildman–Crippen MR) is 49.3 cm³/mol. The minimum absolute atomic E-state index is 0.0474. The predicted octanol–water partition coefficient (Wildman–Crippen LogP) is 1.08.